The molecule has 0 amide bonds. The average molecular weight is 857 g/mol. The second kappa shape index (κ2) is 17.7. The lowest BCUT2D eigenvalue weighted by atomic mass is 9.66. The molecule has 0 spiro atoms. The molecule has 0 bridgehead atoms. The maximum atomic E-state index is 8.91. The first kappa shape index (κ1) is 31.1. The van der Waals surface area contributed by atoms with Gasteiger partial charge in [0, 0.05) is 52.0 Å². The fourth-order valence-corrected chi connectivity index (χ4v) is 8.27. The summed E-state index contributed by atoms with van der Waals surface area (Å²) in [6.07, 6.45) is 3.57. The predicted octanol–water partition coefficient (Wildman–Crippen LogP) is 15.4. The maximum Gasteiger partial charge on any atom is 0.404 e. The minimum atomic E-state index is -0.565. The largest absolute Gasteiger partial charge is 0.457 e. The summed E-state index contributed by atoms with van der Waals surface area (Å²) in [5.74, 6) is 1.94. The van der Waals surface area contributed by atoms with Crippen LogP contribution in [0.5, 0.6) is 11.5 Å². The molecule has 0 unspecified atom stereocenters. The molecule has 0 fully saturated rings. The van der Waals surface area contributed by atoms with Crippen LogP contribution < -0.4 is 20.2 Å². The Balaban J connectivity index is 1.03. The van der Waals surface area contributed by atoms with E-state index in [2.05, 4.69) is 90.2 Å². The highest BCUT2D eigenvalue weighted by Gasteiger charge is 2.38. The van der Waals surface area contributed by atoms with E-state index in [0.29, 0.717) is 28.6 Å². The Morgan fingerprint density at radius 3 is 1.98 bits per heavy atom. The van der Waals surface area contributed by atoms with E-state index in [1.165, 1.54) is 0 Å². The molecule has 0 saturated carbocycles. The fraction of sp³-hybridized carbons (Fsp3) is 0.123. The zero-order chi connectivity index (χ0) is 53.0. The number of rotatable bonds is 12. The number of ether oxygens (including phenoxy) is 1. The van der Waals surface area contributed by atoms with Crippen molar-refractivity contribution >= 4 is 41.2 Å². The Labute approximate surface area is 396 Å². The average Bonchev–Trinajstić information content (AvgIpc) is 3.93. The van der Waals surface area contributed by atoms with Crippen molar-refractivity contribution in [1.29, 1.82) is 0 Å². The molecule has 3 heterocycles. The standard InChI is InChI=1S/C57H51BN6O/c1-5-34-58-63(55-36-43(33-35-59-55)57(2,3)4)53-38-46(31-32-49(53)54-39-52(62-64(54)58)42-23-13-8-14-24-42)65-45-26-17-25-44(37-45)60-50-29-15-16-30-51(50)61-56-47(40-19-9-6-10-20-40)27-18-28-48(56)41-21-11-7-12-22-41/h6-33,35-39,60-61H,5,34H2,1-4H3/i6D,7D,9D,10D,11D,12D,19D,20D,21D,22D. The molecule has 65 heavy (non-hydrogen) atoms. The SMILES string of the molecule is [2H]c1c([2H])c([2H])c(-c2cccc(-c3c([2H])c([2H])c([2H])c([2H])c3[2H])c2Nc2ccccc2Nc2cccc(Oc3ccc4c(c3)N(c3cc(C(C)(C)C)ccn3)B(CCC)n3nc(-c5ccccc5)cc3-4)c2)c([2H])c1[2H]. The van der Waals surface area contributed by atoms with Gasteiger partial charge in [-0.25, -0.2) is 4.98 Å². The van der Waals surface area contributed by atoms with Gasteiger partial charge in [0.25, 0.3) is 0 Å². The Hall–Kier alpha value is -7.84. The van der Waals surface area contributed by atoms with Gasteiger partial charge in [-0.3, -0.25) is 4.59 Å². The number of nitrogens with zero attached hydrogens (tertiary/aromatic N) is 4. The zero-order valence-electron chi connectivity index (χ0n) is 46.5. The highest BCUT2D eigenvalue weighted by atomic mass is 16.5. The summed E-state index contributed by atoms with van der Waals surface area (Å²) in [6, 6.07) is 36.9. The predicted molar refractivity (Wildman–Crippen MR) is 271 cm³/mol. The number of pyridine rings is 1. The summed E-state index contributed by atoms with van der Waals surface area (Å²) in [4.78, 5) is 7.25. The number of aromatic nitrogens is 3. The second-order valence-corrected chi connectivity index (χ2v) is 16.8. The van der Waals surface area contributed by atoms with E-state index in [1.54, 1.807) is 30.3 Å². The van der Waals surface area contributed by atoms with Crippen LogP contribution in [0.4, 0.5) is 34.3 Å². The van der Waals surface area contributed by atoms with Crippen LogP contribution in [-0.4, -0.2) is 21.7 Å². The van der Waals surface area contributed by atoms with Crippen molar-refractivity contribution < 1.29 is 18.4 Å². The number of para-hydroxylation sites is 3. The lowest BCUT2D eigenvalue weighted by Crippen LogP contribution is -2.46. The normalized spacial score (nSPS) is 14.2. The van der Waals surface area contributed by atoms with Crippen molar-refractivity contribution in [3.05, 3.63) is 206 Å². The van der Waals surface area contributed by atoms with Crippen LogP contribution in [0.15, 0.2) is 200 Å². The van der Waals surface area contributed by atoms with Crippen molar-refractivity contribution in [3.63, 3.8) is 0 Å². The molecule has 7 aromatic carbocycles. The van der Waals surface area contributed by atoms with Crippen molar-refractivity contribution in [1.82, 2.24) is 14.7 Å². The molecule has 2 aromatic heterocycles. The van der Waals surface area contributed by atoms with Crippen LogP contribution in [-0.2, 0) is 5.41 Å². The van der Waals surface area contributed by atoms with Crippen LogP contribution in [0, 0.1) is 0 Å². The molecule has 0 atom stereocenters. The monoisotopic (exact) mass is 856 g/mol. The molecule has 9 aromatic rings. The molecule has 1 aliphatic rings. The third kappa shape index (κ3) is 8.51. The molecular weight excluding hydrogens is 795 g/mol. The van der Waals surface area contributed by atoms with Gasteiger partial charge in [0.15, 0.2) is 0 Å². The quantitative estimate of drug-likeness (QED) is 0.119. The number of benzene rings is 7. The zero-order valence-corrected chi connectivity index (χ0v) is 36.5. The summed E-state index contributed by atoms with van der Waals surface area (Å²) < 4.78 is 95.0. The Bertz CT molecular complexity index is 3550. The van der Waals surface area contributed by atoms with E-state index in [1.807, 2.05) is 66.9 Å². The summed E-state index contributed by atoms with van der Waals surface area (Å²) in [5.41, 5.74) is 7.72. The topological polar surface area (TPSA) is 67.2 Å². The Morgan fingerprint density at radius 2 is 1.29 bits per heavy atom. The van der Waals surface area contributed by atoms with Gasteiger partial charge in [0.05, 0.1) is 42.2 Å². The van der Waals surface area contributed by atoms with Crippen molar-refractivity contribution in [3.8, 4) is 56.3 Å². The molecular formula is C57H51BN6O. The van der Waals surface area contributed by atoms with E-state index >= 15 is 0 Å². The van der Waals surface area contributed by atoms with E-state index in [0.717, 1.165) is 52.3 Å². The molecule has 10 rings (SSSR count). The number of nitrogens with one attached hydrogen (secondary N) is 2. The van der Waals surface area contributed by atoms with E-state index in [9.17, 15) is 0 Å². The molecule has 0 aliphatic carbocycles. The van der Waals surface area contributed by atoms with Gasteiger partial charge in [-0.15, -0.1) is 0 Å². The molecule has 318 valence electrons. The Kier molecular flexibility index (Phi) is 8.48. The van der Waals surface area contributed by atoms with Crippen LogP contribution in [0.25, 0.3) is 44.8 Å². The first-order valence-corrected chi connectivity index (χ1v) is 21.7. The third-order valence-corrected chi connectivity index (χ3v) is 11.4. The van der Waals surface area contributed by atoms with Crippen LogP contribution >= 0.6 is 0 Å². The van der Waals surface area contributed by atoms with Crippen LogP contribution in [0.2, 0.25) is 6.32 Å². The maximum absolute atomic E-state index is 8.91. The molecule has 2 N–H and O–H groups in total. The summed E-state index contributed by atoms with van der Waals surface area (Å²) in [7, 11) is 0. The highest BCUT2D eigenvalue weighted by Crippen LogP contribution is 2.46. The molecule has 1 aliphatic heterocycles. The summed E-state index contributed by atoms with van der Waals surface area (Å²) in [6.45, 7) is 8.57. The lowest BCUT2D eigenvalue weighted by Gasteiger charge is -2.37. The van der Waals surface area contributed by atoms with E-state index in [4.69, 9.17) is 28.5 Å². The lowest BCUT2D eigenvalue weighted by molar-refractivity contribution is 0.483. The summed E-state index contributed by atoms with van der Waals surface area (Å²) in [5, 5.41) is 12.1. The first-order valence-electron chi connectivity index (χ1n) is 26.7. The van der Waals surface area contributed by atoms with Crippen LogP contribution in [0.1, 0.15) is 53.4 Å². The van der Waals surface area contributed by atoms with Gasteiger partial charge >= 0.3 is 6.98 Å². The van der Waals surface area contributed by atoms with Gasteiger partial charge in [0.2, 0.25) is 0 Å². The van der Waals surface area contributed by atoms with Crippen LogP contribution in [0.3, 0.4) is 0 Å². The number of hydrogen-bond donors (Lipinski definition) is 2. The first-order chi connectivity index (χ1) is 35.9. The second-order valence-electron chi connectivity index (χ2n) is 16.8. The van der Waals surface area contributed by atoms with Crippen molar-refractivity contribution in [2.24, 2.45) is 0 Å². The molecule has 7 nitrogen and oxygen atoms in total. The smallest absolute Gasteiger partial charge is 0.404 e. The minimum Gasteiger partial charge on any atom is -0.457 e. The number of anilines is 6. The molecule has 8 heteroatoms. The third-order valence-electron chi connectivity index (χ3n) is 11.4. The minimum absolute atomic E-state index is 0.121. The van der Waals surface area contributed by atoms with Gasteiger partial charge < -0.3 is 20.2 Å². The fourth-order valence-electron chi connectivity index (χ4n) is 8.27. The van der Waals surface area contributed by atoms with Crippen molar-refractivity contribution in [2.75, 3.05) is 15.4 Å². The van der Waals surface area contributed by atoms with Gasteiger partial charge in [-0.2, -0.15) is 5.10 Å². The van der Waals surface area contributed by atoms with Gasteiger partial charge in [-0.1, -0.05) is 161 Å². The Morgan fingerprint density at radius 1 is 0.631 bits per heavy atom. The molecule has 0 saturated heterocycles. The van der Waals surface area contributed by atoms with E-state index < -0.39 is 60.4 Å². The van der Waals surface area contributed by atoms with Gasteiger partial charge in [-0.05, 0) is 83.0 Å². The van der Waals surface area contributed by atoms with E-state index in [-0.39, 0.29) is 40.3 Å². The number of hydrogen-bond acceptors (Lipinski definition) is 6. The molecule has 0 radical (unpaired) electrons. The van der Waals surface area contributed by atoms with Crippen molar-refractivity contribution in [2.45, 2.75) is 45.9 Å². The number of fused-ring (bicyclic) bond motifs is 3. The van der Waals surface area contributed by atoms with Gasteiger partial charge in [0.1, 0.15) is 17.3 Å². The highest BCUT2D eigenvalue weighted by molar-refractivity contribution is 6.64. The summed E-state index contributed by atoms with van der Waals surface area (Å²) >= 11 is 0.